The summed E-state index contributed by atoms with van der Waals surface area (Å²) < 4.78 is 45.5. The molecule has 0 saturated carbocycles. The predicted octanol–water partition coefficient (Wildman–Crippen LogP) is 3.43. The van der Waals surface area contributed by atoms with Crippen LogP contribution in [0.25, 0.3) is 0 Å². The Labute approximate surface area is 170 Å². The van der Waals surface area contributed by atoms with Crippen LogP contribution in [0.15, 0.2) is 66.1 Å². The average Bonchev–Trinajstić information content (AvgIpc) is 2.73. The molecule has 8 heteroatoms. The molecule has 1 atom stereocenters. The summed E-state index contributed by atoms with van der Waals surface area (Å²) in [5.41, 5.74) is 0.579. The van der Waals surface area contributed by atoms with Gasteiger partial charge in [0.15, 0.2) is 0 Å². The zero-order chi connectivity index (χ0) is 20.9. The van der Waals surface area contributed by atoms with E-state index in [1.807, 2.05) is 0 Å². The molecule has 1 unspecified atom stereocenters. The number of carbonyl (C=O) groups is 1. The van der Waals surface area contributed by atoms with E-state index in [0.717, 1.165) is 12.1 Å². The number of hydrogen-bond acceptors (Lipinski definition) is 4. The van der Waals surface area contributed by atoms with Gasteiger partial charge in [0.2, 0.25) is 15.9 Å². The van der Waals surface area contributed by atoms with Crippen molar-refractivity contribution in [3.63, 3.8) is 0 Å². The summed E-state index contributed by atoms with van der Waals surface area (Å²) in [5.74, 6) is -0.618. The van der Waals surface area contributed by atoms with E-state index in [0.29, 0.717) is 37.4 Å². The number of carbonyl (C=O) groups excluding carboxylic acids is 1. The van der Waals surface area contributed by atoms with Crippen LogP contribution in [-0.4, -0.2) is 38.3 Å². The molecule has 3 rings (SSSR count). The smallest absolute Gasteiger partial charge is 0.243 e. The standard InChI is InChI=1S/C21H23FN2O4S/c1-2-13-28-19-7-3-6-18(14-19)23-21(25)16-5-4-12-24(15-16)29(26,27)20-10-8-17(22)9-11-20/h2-3,6-11,14,16H,1,4-5,12-13,15H2,(H,23,25). The lowest BCUT2D eigenvalue weighted by Crippen LogP contribution is -2.43. The van der Waals surface area contributed by atoms with E-state index in [9.17, 15) is 17.6 Å². The number of benzene rings is 2. The fourth-order valence-electron chi connectivity index (χ4n) is 3.19. The van der Waals surface area contributed by atoms with Gasteiger partial charge in [0, 0.05) is 24.8 Å². The summed E-state index contributed by atoms with van der Waals surface area (Å²) in [4.78, 5) is 12.7. The van der Waals surface area contributed by atoms with Crippen molar-refractivity contribution in [2.45, 2.75) is 17.7 Å². The Balaban J connectivity index is 1.68. The van der Waals surface area contributed by atoms with Crippen LogP contribution in [0.5, 0.6) is 5.75 Å². The van der Waals surface area contributed by atoms with Crippen molar-refractivity contribution >= 4 is 21.6 Å². The number of ether oxygens (including phenoxy) is 1. The minimum Gasteiger partial charge on any atom is -0.489 e. The van der Waals surface area contributed by atoms with E-state index >= 15 is 0 Å². The summed E-state index contributed by atoms with van der Waals surface area (Å²) in [7, 11) is -3.78. The molecule has 1 fully saturated rings. The molecule has 154 valence electrons. The Hall–Kier alpha value is -2.71. The maximum atomic E-state index is 13.1. The molecule has 0 aromatic heterocycles. The molecule has 1 amide bonds. The number of hydrogen-bond donors (Lipinski definition) is 1. The van der Waals surface area contributed by atoms with Crippen LogP contribution in [0.2, 0.25) is 0 Å². The first kappa shape index (κ1) is 21.0. The number of sulfonamides is 1. The molecule has 2 aromatic carbocycles. The van der Waals surface area contributed by atoms with Gasteiger partial charge in [-0.15, -0.1) is 0 Å². The molecule has 0 bridgehead atoms. The lowest BCUT2D eigenvalue weighted by atomic mass is 9.98. The van der Waals surface area contributed by atoms with Crippen LogP contribution in [0.3, 0.4) is 0 Å². The Morgan fingerprint density at radius 3 is 2.76 bits per heavy atom. The van der Waals surface area contributed by atoms with Gasteiger partial charge < -0.3 is 10.1 Å². The second-order valence-electron chi connectivity index (χ2n) is 6.77. The molecule has 1 N–H and O–H groups in total. The van der Waals surface area contributed by atoms with Crippen molar-refractivity contribution < 1.29 is 22.3 Å². The molecular weight excluding hydrogens is 395 g/mol. The zero-order valence-electron chi connectivity index (χ0n) is 15.9. The van der Waals surface area contributed by atoms with Crippen LogP contribution in [-0.2, 0) is 14.8 Å². The van der Waals surface area contributed by atoms with Gasteiger partial charge in [0.05, 0.1) is 10.8 Å². The van der Waals surface area contributed by atoms with E-state index in [1.54, 1.807) is 30.3 Å². The maximum Gasteiger partial charge on any atom is 0.243 e. The molecule has 29 heavy (non-hydrogen) atoms. The first-order chi connectivity index (χ1) is 13.9. The zero-order valence-corrected chi connectivity index (χ0v) is 16.7. The van der Waals surface area contributed by atoms with Crippen LogP contribution in [0.4, 0.5) is 10.1 Å². The molecule has 0 aliphatic carbocycles. The van der Waals surface area contributed by atoms with Crippen LogP contribution in [0.1, 0.15) is 12.8 Å². The highest BCUT2D eigenvalue weighted by Crippen LogP contribution is 2.25. The predicted molar refractivity (Wildman–Crippen MR) is 109 cm³/mol. The highest BCUT2D eigenvalue weighted by Gasteiger charge is 2.33. The van der Waals surface area contributed by atoms with E-state index in [4.69, 9.17) is 4.74 Å². The molecule has 0 radical (unpaired) electrons. The fourth-order valence-corrected chi connectivity index (χ4v) is 4.72. The number of nitrogens with zero attached hydrogens (tertiary/aromatic N) is 1. The first-order valence-corrected chi connectivity index (χ1v) is 10.7. The molecule has 1 aliphatic rings. The van der Waals surface area contributed by atoms with Crippen LogP contribution >= 0.6 is 0 Å². The topological polar surface area (TPSA) is 75.7 Å². The van der Waals surface area contributed by atoms with Crippen molar-refractivity contribution in [2.24, 2.45) is 5.92 Å². The van der Waals surface area contributed by atoms with Crippen LogP contribution in [0, 0.1) is 11.7 Å². The molecule has 1 saturated heterocycles. The normalized spacial score (nSPS) is 17.5. The molecular formula is C21H23FN2O4S. The quantitative estimate of drug-likeness (QED) is 0.699. The Bertz CT molecular complexity index is 976. The Morgan fingerprint density at radius 1 is 1.28 bits per heavy atom. The maximum absolute atomic E-state index is 13.1. The molecule has 6 nitrogen and oxygen atoms in total. The minimum atomic E-state index is -3.78. The molecule has 1 heterocycles. The van der Waals surface area contributed by atoms with Crippen molar-refractivity contribution in [3.8, 4) is 5.75 Å². The average molecular weight is 418 g/mol. The van der Waals surface area contributed by atoms with Crippen molar-refractivity contribution in [1.82, 2.24) is 4.31 Å². The summed E-state index contributed by atoms with van der Waals surface area (Å²) in [6, 6.07) is 11.7. The van der Waals surface area contributed by atoms with Gasteiger partial charge in [-0.25, -0.2) is 12.8 Å². The van der Waals surface area contributed by atoms with Crippen molar-refractivity contribution in [1.29, 1.82) is 0 Å². The number of rotatable bonds is 7. The first-order valence-electron chi connectivity index (χ1n) is 9.30. The van der Waals surface area contributed by atoms with Gasteiger partial charge >= 0.3 is 0 Å². The number of anilines is 1. The number of halogens is 1. The highest BCUT2D eigenvalue weighted by atomic mass is 32.2. The van der Waals surface area contributed by atoms with Gasteiger partial charge in [-0.05, 0) is 49.2 Å². The second kappa shape index (κ2) is 9.19. The highest BCUT2D eigenvalue weighted by molar-refractivity contribution is 7.89. The number of amides is 1. The van der Waals surface area contributed by atoms with Gasteiger partial charge in [0.25, 0.3) is 0 Å². The van der Waals surface area contributed by atoms with Gasteiger partial charge in [0.1, 0.15) is 18.2 Å². The molecule has 1 aliphatic heterocycles. The Morgan fingerprint density at radius 2 is 2.03 bits per heavy atom. The van der Waals surface area contributed by atoms with Crippen molar-refractivity contribution in [3.05, 3.63) is 67.0 Å². The summed E-state index contributed by atoms with van der Waals surface area (Å²) in [6.45, 7) is 4.36. The molecule has 2 aromatic rings. The fraction of sp³-hybridized carbons (Fsp3) is 0.286. The van der Waals surface area contributed by atoms with E-state index in [1.165, 1.54) is 16.4 Å². The van der Waals surface area contributed by atoms with E-state index in [-0.39, 0.29) is 17.3 Å². The van der Waals surface area contributed by atoms with Gasteiger partial charge in [-0.1, -0.05) is 18.7 Å². The lowest BCUT2D eigenvalue weighted by molar-refractivity contribution is -0.120. The second-order valence-corrected chi connectivity index (χ2v) is 8.71. The summed E-state index contributed by atoms with van der Waals surface area (Å²) >= 11 is 0. The van der Waals surface area contributed by atoms with Gasteiger partial charge in [-0.2, -0.15) is 4.31 Å². The third-order valence-corrected chi connectivity index (χ3v) is 6.56. The lowest BCUT2D eigenvalue weighted by Gasteiger charge is -2.31. The minimum absolute atomic E-state index is 0.0204. The van der Waals surface area contributed by atoms with Crippen molar-refractivity contribution in [2.75, 3.05) is 25.0 Å². The monoisotopic (exact) mass is 418 g/mol. The molecule has 0 spiro atoms. The SMILES string of the molecule is C=CCOc1cccc(NC(=O)C2CCCN(S(=O)(=O)c3ccc(F)cc3)C2)c1. The third-order valence-electron chi connectivity index (χ3n) is 4.68. The van der Waals surface area contributed by atoms with Crippen LogP contribution < -0.4 is 10.1 Å². The summed E-state index contributed by atoms with van der Waals surface area (Å²) in [5, 5.41) is 2.83. The van der Waals surface area contributed by atoms with E-state index < -0.39 is 21.8 Å². The largest absolute Gasteiger partial charge is 0.489 e. The van der Waals surface area contributed by atoms with E-state index in [2.05, 4.69) is 11.9 Å². The van der Waals surface area contributed by atoms with Gasteiger partial charge in [-0.3, -0.25) is 4.79 Å². The number of piperidine rings is 1. The number of nitrogens with one attached hydrogen (secondary N) is 1. The summed E-state index contributed by atoms with van der Waals surface area (Å²) in [6.07, 6.45) is 2.79. The third kappa shape index (κ3) is 5.21. The Kier molecular flexibility index (Phi) is 6.66.